The normalized spacial score (nSPS) is 11.5. The highest BCUT2D eigenvalue weighted by Crippen LogP contribution is 2.31. The molecule has 0 spiro atoms. The van der Waals surface area contributed by atoms with Gasteiger partial charge in [-0.25, -0.2) is 92.8 Å². The number of hydrogen-bond acceptors (Lipinski definition) is 3. The molecule has 0 saturated carbocycles. The molecule has 6 aromatic carbocycles. The molecule has 0 aliphatic heterocycles. The van der Waals surface area contributed by atoms with Gasteiger partial charge in [0.25, 0.3) is 5.69 Å². The van der Waals surface area contributed by atoms with Crippen molar-refractivity contribution in [3.63, 3.8) is 0 Å². The number of benzene rings is 6. The molecule has 67 heavy (non-hydrogen) atoms. The van der Waals surface area contributed by atoms with Gasteiger partial charge in [0.15, 0.2) is 88.7 Å². The van der Waals surface area contributed by atoms with Gasteiger partial charge in [0, 0.05) is 23.3 Å². The molecule has 5 nitrogen and oxygen atoms in total. The van der Waals surface area contributed by atoms with Crippen LogP contribution in [0.5, 0.6) is 0 Å². The topological polar surface area (TPSA) is 59.9 Å². The number of hydrogen-bond donors (Lipinski definition) is 0. The van der Waals surface area contributed by atoms with E-state index in [-0.39, 0.29) is 5.69 Å². The van der Waals surface area contributed by atoms with Gasteiger partial charge in [-0.2, -0.15) is 4.57 Å². The molecule has 0 fully saturated rings. The van der Waals surface area contributed by atoms with E-state index in [9.17, 15) is 62.8 Å². The van der Waals surface area contributed by atoms with Crippen LogP contribution in [-0.2, 0) is 6.54 Å². The molecular formula is C41H14BF20N3O2. The van der Waals surface area contributed by atoms with E-state index in [2.05, 4.69) is 17.1 Å². The first-order valence-electron chi connectivity index (χ1n) is 17.8. The van der Waals surface area contributed by atoms with E-state index in [4.69, 9.17) is 0 Å². The van der Waals surface area contributed by atoms with Crippen LogP contribution in [0.25, 0.3) is 11.3 Å². The molecule has 1 heterocycles. The Bertz CT molecular complexity index is 2780. The Morgan fingerprint density at radius 2 is 0.776 bits per heavy atom. The molecule has 0 N–H and O–H groups in total. The average molecular weight is 971 g/mol. The van der Waals surface area contributed by atoms with Gasteiger partial charge in [0.1, 0.15) is 58.4 Å². The van der Waals surface area contributed by atoms with Crippen molar-refractivity contribution in [3.8, 4) is 11.3 Å². The van der Waals surface area contributed by atoms with E-state index in [1.54, 1.807) is 12.3 Å². The summed E-state index contributed by atoms with van der Waals surface area (Å²) in [5.74, 6) is -71.4. The minimum absolute atomic E-state index is 0.0674. The molecule has 7 rings (SSSR count). The summed E-state index contributed by atoms with van der Waals surface area (Å²) in [5, 5.41) is 10.9. The van der Waals surface area contributed by atoms with E-state index in [0.717, 1.165) is 12.1 Å². The zero-order valence-corrected chi connectivity index (χ0v) is 31.9. The molecule has 26 heteroatoms. The average Bonchev–Trinajstić information content (AvgIpc) is 3.32. The van der Waals surface area contributed by atoms with Gasteiger partial charge in [-0.1, -0.05) is 42.5 Å². The third kappa shape index (κ3) is 8.02. The van der Waals surface area contributed by atoms with Gasteiger partial charge in [0.05, 0.1) is 11.1 Å². The van der Waals surface area contributed by atoms with Gasteiger partial charge in [0.2, 0.25) is 0 Å². The highest BCUT2D eigenvalue weighted by molar-refractivity contribution is 7.20. The summed E-state index contributed by atoms with van der Waals surface area (Å²) in [6.45, 7) is 0.727. The van der Waals surface area contributed by atoms with Crippen molar-refractivity contribution < 1.29 is 97.3 Å². The zero-order chi connectivity index (χ0) is 49.7. The maximum absolute atomic E-state index is 15.4. The summed E-state index contributed by atoms with van der Waals surface area (Å²) >= 11 is 0. The van der Waals surface area contributed by atoms with E-state index in [1.807, 2.05) is 41.2 Å². The number of nitrogens with zero attached hydrogens (tertiary/aromatic N) is 3. The van der Waals surface area contributed by atoms with Crippen LogP contribution in [0.4, 0.5) is 93.5 Å². The fraction of sp³-hybridized carbons (Fsp3) is 0.0244. The van der Waals surface area contributed by atoms with Crippen LogP contribution in [0, 0.1) is 126 Å². The fourth-order valence-corrected chi connectivity index (χ4v) is 7.13. The summed E-state index contributed by atoms with van der Waals surface area (Å²) in [5.41, 5.74) is -11.6. The summed E-state index contributed by atoms with van der Waals surface area (Å²) in [6.07, 6.45) is -1.73. The van der Waals surface area contributed by atoms with E-state index in [1.165, 1.54) is 17.7 Å². The van der Waals surface area contributed by atoms with Crippen molar-refractivity contribution in [2.24, 2.45) is 0 Å². The third-order valence-electron chi connectivity index (χ3n) is 10.0. The summed E-state index contributed by atoms with van der Waals surface area (Å²) < 4.78 is 296. The van der Waals surface area contributed by atoms with Crippen LogP contribution in [0.3, 0.4) is 0 Å². The zero-order valence-electron chi connectivity index (χ0n) is 31.9. The van der Waals surface area contributed by atoms with Gasteiger partial charge in [-0.15, -0.1) is 21.9 Å². The minimum Gasteiger partial charge on any atom is -0.258 e. The molecule has 0 saturated heterocycles. The first kappa shape index (κ1) is 48.9. The fourth-order valence-electron chi connectivity index (χ4n) is 7.13. The van der Waals surface area contributed by atoms with Crippen LogP contribution in [0.1, 0.15) is 5.56 Å². The van der Waals surface area contributed by atoms with E-state index >= 15 is 35.1 Å². The molecular weight excluding hydrogens is 957 g/mol. The van der Waals surface area contributed by atoms with Gasteiger partial charge in [-0.3, -0.25) is 10.1 Å². The Kier molecular flexibility index (Phi) is 13.4. The number of nitro benzene ring substituents is 1. The lowest BCUT2D eigenvalue weighted by atomic mass is 9.12. The lowest BCUT2D eigenvalue weighted by Gasteiger charge is -2.44. The number of rotatable bonds is 8. The summed E-state index contributed by atoms with van der Waals surface area (Å²) in [7, 11) is 0. The summed E-state index contributed by atoms with van der Waals surface area (Å²) in [4.78, 5) is 14.8. The second-order valence-electron chi connectivity index (χ2n) is 13.7. The van der Waals surface area contributed by atoms with Crippen molar-refractivity contribution in [1.29, 1.82) is 0 Å². The molecule has 0 amide bonds. The predicted molar refractivity (Wildman–Crippen MR) is 191 cm³/mol. The lowest BCUT2D eigenvalue weighted by Crippen LogP contribution is -2.81. The predicted octanol–water partition coefficient (Wildman–Crippen LogP) is 8.84. The first-order chi connectivity index (χ1) is 31.4. The number of aromatic nitrogens is 2. The molecule has 0 aliphatic carbocycles. The van der Waals surface area contributed by atoms with Crippen LogP contribution in [0.15, 0.2) is 73.2 Å². The first-order valence-corrected chi connectivity index (χ1v) is 17.8. The standard InChI is InChI=1S/C24BF20.C17H14N3O2/c26-5-1(6(27)14(35)21(42)13(5)34)25(2-7(28)15(36)22(43)16(37)8(2)29,3-9(30)17(38)23(44)18(39)10(3)31)4-11(32)19(40)24(45)20(41)12(4)33;21-20(22)16-8-4-7-15(11-16)17-13-19(10-9-18-17)12-14-5-2-1-3-6-14/h;1-11,13H,12H2/q-1;+1. The largest absolute Gasteiger partial charge is 0.270 e. The van der Waals surface area contributed by atoms with Gasteiger partial charge in [-0.05, 0) is 0 Å². The summed E-state index contributed by atoms with van der Waals surface area (Å²) in [6, 6.07) is 16.6. The van der Waals surface area contributed by atoms with Crippen LogP contribution in [0.2, 0.25) is 0 Å². The quantitative estimate of drug-likeness (QED) is 0.0291. The molecule has 0 radical (unpaired) electrons. The number of non-ortho nitro benzene ring substituents is 1. The second kappa shape index (κ2) is 18.4. The Labute approximate surface area is 358 Å². The number of halogens is 20. The number of nitro groups is 1. The van der Waals surface area contributed by atoms with Crippen LogP contribution >= 0.6 is 0 Å². The van der Waals surface area contributed by atoms with Crippen LogP contribution < -0.4 is 26.4 Å². The third-order valence-corrected chi connectivity index (χ3v) is 10.0. The van der Waals surface area contributed by atoms with Crippen molar-refractivity contribution in [2.75, 3.05) is 0 Å². The molecule has 1 aromatic heterocycles. The second-order valence-corrected chi connectivity index (χ2v) is 13.7. The molecule has 0 atom stereocenters. The van der Waals surface area contributed by atoms with Gasteiger partial charge >= 0.3 is 0 Å². The smallest absolute Gasteiger partial charge is 0.258 e. The molecule has 0 bridgehead atoms. The van der Waals surface area contributed by atoms with Crippen molar-refractivity contribution in [1.82, 2.24) is 4.98 Å². The minimum atomic E-state index is -7.22. The monoisotopic (exact) mass is 971 g/mol. The maximum Gasteiger partial charge on any atom is 0.270 e. The Hall–Kier alpha value is -7.54. The SMILES string of the molecule is Fc1c(F)c(F)c([B-](c2c(F)c(F)c(F)c(F)c2F)(c2c(F)c(F)c(F)c(F)c2F)c2c(F)c(F)c(F)c(F)c2F)c(F)c1F.O=[N+]([O-])c1cccc(-c2c[n+](Cc3ccccc3)ccn2)c1. The van der Waals surface area contributed by atoms with Crippen LogP contribution in [-0.4, -0.2) is 16.1 Å². The van der Waals surface area contributed by atoms with E-state index < -0.39 is 149 Å². The van der Waals surface area contributed by atoms with E-state index in [0.29, 0.717) is 5.69 Å². The Balaban J connectivity index is 0.000000279. The van der Waals surface area contributed by atoms with Crippen molar-refractivity contribution >= 4 is 33.7 Å². The highest BCUT2D eigenvalue weighted by Gasteiger charge is 2.52. The maximum atomic E-state index is 15.4. The van der Waals surface area contributed by atoms with Crippen molar-refractivity contribution in [3.05, 3.63) is 205 Å². The Morgan fingerprint density at radius 1 is 0.448 bits per heavy atom. The molecule has 0 aliphatic rings. The van der Waals surface area contributed by atoms with Gasteiger partial charge < -0.3 is 0 Å². The molecule has 0 unspecified atom stereocenters. The molecule has 7 aromatic rings. The highest BCUT2D eigenvalue weighted by atomic mass is 19.2. The van der Waals surface area contributed by atoms with Crippen molar-refractivity contribution in [2.45, 2.75) is 6.54 Å². The lowest BCUT2D eigenvalue weighted by molar-refractivity contribution is -0.688. The Morgan fingerprint density at radius 3 is 1.10 bits per heavy atom. The molecule has 348 valence electrons.